The zero-order chi connectivity index (χ0) is 16.4. The molecule has 0 atom stereocenters. The lowest BCUT2D eigenvalue weighted by molar-refractivity contribution is 0.0988. The third-order valence-corrected chi connectivity index (χ3v) is 4.93. The van der Waals surface area contributed by atoms with Crippen molar-refractivity contribution >= 4 is 34.3 Å². The molecule has 0 aliphatic heterocycles. The summed E-state index contributed by atoms with van der Waals surface area (Å²) in [4.78, 5) is 19.5. The van der Waals surface area contributed by atoms with Crippen LogP contribution in [0, 0.1) is 18.6 Å². The molecule has 0 N–H and O–H groups in total. The van der Waals surface area contributed by atoms with E-state index in [4.69, 9.17) is 0 Å². The molecule has 3 rings (SSSR count). The highest BCUT2D eigenvalue weighted by Gasteiger charge is 2.23. The van der Waals surface area contributed by atoms with Gasteiger partial charge in [0.05, 0.1) is 23.4 Å². The first kappa shape index (κ1) is 15.8. The average molecular weight is 350 g/mol. The molecular weight excluding hydrogens is 338 g/mol. The largest absolute Gasteiger partial charge is 0.299 e. The van der Waals surface area contributed by atoms with Gasteiger partial charge >= 0.3 is 0 Å². The molecule has 2 heterocycles. The van der Waals surface area contributed by atoms with E-state index in [1.165, 1.54) is 39.8 Å². The van der Waals surface area contributed by atoms with Gasteiger partial charge < -0.3 is 0 Å². The van der Waals surface area contributed by atoms with Crippen molar-refractivity contribution in [2.45, 2.75) is 13.5 Å². The summed E-state index contributed by atoms with van der Waals surface area (Å²) in [5.74, 6) is -1.80. The Morgan fingerprint density at radius 3 is 2.74 bits per heavy atom. The summed E-state index contributed by atoms with van der Waals surface area (Å²) in [6, 6.07) is 6.93. The molecule has 1 amide bonds. The second-order valence-electron chi connectivity index (χ2n) is 4.81. The quantitative estimate of drug-likeness (QED) is 0.687. The molecule has 3 aromatic rings. The maximum Gasteiger partial charge on any atom is 0.270 e. The van der Waals surface area contributed by atoms with Crippen LogP contribution in [0.25, 0.3) is 0 Å². The Bertz CT molecular complexity index is 830. The minimum Gasteiger partial charge on any atom is -0.299 e. The van der Waals surface area contributed by atoms with Gasteiger partial charge in [0.15, 0.2) is 0 Å². The molecule has 7 heteroatoms. The number of amides is 1. The Morgan fingerprint density at radius 1 is 1.30 bits per heavy atom. The van der Waals surface area contributed by atoms with Crippen molar-refractivity contribution in [1.29, 1.82) is 0 Å². The first-order chi connectivity index (χ1) is 11.0. The SMILES string of the molecule is Cc1ncc(C(=O)N(Cc2cccs2)c2ccc(F)cc2F)s1. The van der Waals surface area contributed by atoms with Crippen molar-refractivity contribution in [3.8, 4) is 0 Å². The molecule has 0 aliphatic carbocycles. The third-order valence-electron chi connectivity index (χ3n) is 3.17. The third kappa shape index (κ3) is 3.46. The molecular formula is C16H12F2N2OS2. The summed E-state index contributed by atoms with van der Waals surface area (Å²) < 4.78 is 27.3. The highest BCUT2D eigenvalue weighted by molar-refractivity contribution is 7.13. The molecule has 0 saturated carbocycles. The van der Waals surface area contributed by atoms with Crippen LogP contribution in [0.2, 0.25) is 0 Å². The number of anilines is 1. The van der Waals surface area contributed by atoms with E-state index in [-0.39, 0.29) is 18.1 Å². The number of benzene rings is 1. The summed E-state index contributed by atoms with van der Waals surface area (Å²) in [6.45, 7) is 2.01. The molecule has 0 unspecified atom stereocenters. The number of carbonyl (C=O) groups is 1. The predicted octanol–water partition coefficient (Wildman–Crippen LogP) is 4.64. The smallest absolute Gasteiger partial charge is 0.270 e. The maximum atomic E-state index is 14.2. The number of aryl methyl sites for hydroxylation is 1. The standard InChI is InChI=1S/C16H12F2N2OS2/c1-10-19-8-15(23-10)16(21)20(9-12-3-2-6-22-12)14-5-4-11(17)7-13(14)18/h2-8H,9H2,1H3. The van der Waals surface area contributed by atoms with Crippen molar-refractivity contribution in [3.63, 3.8) is 0 Å². The molecule has 118 valence electrons. The molecule has 1 aromatic carbocycles. The molecule has 0 spiro atoms. The van der Waals surface area contributed by atoms with Gasteiger partial charge in [-0.2, -0.15) is 0 Å². The van der Waals surface area contributed by atoms with E-state index in [1.54, 1.807) is 6.92 Å². The Morgan fingerprint density at radius 2 is 2.13 bits per heavy atom. The first-order valence-corrected chi connectivity index (χ1v) is 8.46. The zero-order valence-corrected chi connectivity index (χ0v) is 13.8. The van der Waals surface area contributed by atoms with Gasteiger partial charge in [0.25, 0.3) is 5.91 Å². The van der Waals surface area contributed by atoms with Crippen LogP contribution in [-0.2, 0) is 6.54 Å². The summed E-state index contributed by atoms with van der Waals surface area (Å²) in [5, 5.41) is 2.64. The lowest BCUT2D eigenvalue weighted by Gasteiger charge is -2.22. The molecule has 0 saturated heterocycles. The molecule has 0 bridgehead atoms. The van der Waals surface area contributed by atoms with Gasteiger partial charge in [-0.1, -0.05) is 6.07 Å². The van der Waals surface area contributed by atoms with Gasteiger partial charge in [0, 0.05) is 10.9 Å². The maximum absolute atomic E-state index is 14.2. The number of thiazole rings is 1. The van der Waals surface area contributed by atoms with E-state index in [1.807, 2.05) is 17.5 Å². The average Bonchev–Trinajstić information content (AvgIpc) is 3.16. The minimum absolute atomic E-state index is 0.0517. The summed E-state index contributed by atoms with van der Waals surface area (Å²) in [5.41, 5.74) is 0.0517. The van der Waals surface area contributed by atoms with Crippen LogP contribution in [0.5, 0.6) is 0 Å². The van der Waals surface area contributed by atoms with E-state index in [2.05, 4.69) is 4.98 Å². The van der Waals surface area contributed by atoms with Crippen LogP contribution in [0.15, 0.2) is 41.9 Å². The van der Waals surface area contributed by atoms with Gasteiger partial charge in [0.2, 0.25) is 0 Å². The number of hydrogen-bond acceptors (Lipinski definition) is 4. The van der Waals surface area contributed by atoms with Crippen LogP contribution in [-0.4, -0.2) is 10.9 Å². The van der Waals surface area contributed by atoms with Crippen molar-refractivity contribution < 1.29 is 13.6 Å². The van der Waals surface area contributed by atoms with Crippen LogP contribution >= 0.6 is 22.7 Å². The molecule has 0 fully saturated rings. The van der Waals surface area contributed by atoms with E-state index in [9.17, 15) is 13.6 Å². The monoisotopic (exact) mass is 350 g/mol. The zero-order valence-electron chi connectivity index (χ0n) is 12.1. The Kier molecular flexibility index (Phi) is 4.49. The molecule has 3 nitrogen and oxygen atoms in total. The molecule has 0 aliphatic rings. The summed E-state index contributed by atoms with van der Waals surface area (Å²) in [7, 11) is 0. The van der Waals surface area contributed by atoms with Gasteiger partial charge in [0.1, 0.15) is 16.5 Å². The highest BCUT2D eigenvalue weighted by Crippen LogP contribution is 2.27. The number of carbonyl (C=O) groups excluding carboxylic acids is 1. The number of aromatic nitrogens is 1. The van der Waals surface area contributed by atoms with E-state index in [0.717, 1.165) is 22.0 Å². The second kappa shape index (κ2) is 6.55. The number of thiophene rings is 1. The van der Waals surface area contributed by atoms with E-state index >= 15 is 0 Å². The second-order valence-corrected chi connectivity index (χ2v) is 7.08. The number of hydrogen-bond donors (Lipinski definition) is 0. The topological polar surface area (TPSA) is 33.2 Å². The summed E-state index contributed by atoms with van der Waals surface area (Å²) in [6.07, 6.45) is 1.48. The van der Waals surface area contributed by atoms with Gasteiger partial charge in [-0.3, -0.25) is 9.69 Å². The minimum atomic E-state index is -0.767. The molecule has 2 aromatic heterocycles. The Labute approximate surface area is 139 Å². The fraction of sp³-hybridized carbons (Fsp3) is 0.125. The van der Waals surface area contributed by atoms with E-state index < -0.39 is 11.6 Å². The normalized spacial score (nSPS) is 10.7. The predicted molar refractivity (Wildman–Crippen MR) is 88.0 cm³/mol. The lowest BCUT2D eigenvalue weighted by atomic mass is 10.2. The molecule has 0 radical (unpaired) electrons. The number of halogens is 2. The van der Waals surface area contributed by atoms with Crippen LogP contribution < -0.4 is 4.90 Å². The first-order valence-electron chi connectivity index (χ1n) is 6.76. The van der Waals surface area contributed by atoms with Crippen molar-refractivity contribution in [1.82, 2.24) is 4.98 Å². The van der Waals surface area contributed by atoms with Crippen LogP contribution in [0.4, 0.5) is 14.5 Å². The lowest BCUT2D eigenvalue weighted by Crippen LogP contribution is -2.30. The van der Waals surface area contributed by atoms with Crippen molar-refractivity contribution in [2.75, 3.05) is 4.90 Å². The van der Waals surface area contributed by atoms with Gasteiger partial charge in [-0.05, 0) is 30.5 Å². The van der Waals surface area contributed by atoms with Crippen LogP contribution in [0.3, 0.4) is 0 Å². The van der Waals surface area contributed by atoms with Crippen LogP contribution in [0.1, 0.15) is 19.6 Å². The number of nitrogens with zero attached hydrogens (tertiary/aromatic N) is 2. The van der Waals surface area contributed by atoms with E-state index in [0.29, 0.717) is 4.88 Å². The van der Waals surface area contributed by atoms with Gasteiger partial charge in [-0.25, -0.2) is 13.8 Å². The summed E-state index contributed by atoms with van der Waals surface area (Å²) >= 11 is 2.72. The fourth-order valence-corrected chi connectivity index (χ4v) is 3.54. The fourth-order valence-electron chi connectivity index (χ4n) is 2.12. The Balaban J connectivity index is 2.00. The highest BCUT2D eigenvalue weighted by atomic mass is 32.1. The van der Waals surface area contributed by atoms with Crippen molar-refractivity contribution in [2.24, 2.45) is 0 Å². The molecule has 23 heavy (non-hydrogen) atoms. The van der Waals surface area contributed by atoms with Gasteiger partial charge in [-0.15, -0.1) is 22.7 Å². The Hall–Kier alpha value is -2.12. The van der Waals surface area contributed by atoms with Crippen molar-refractivity contribution in [3.05, 3.63) is 68.3 Å². The number of rotatable bonds is 4.